The van der Waals surface area contributed by atoms with Gasteiger partial charge >= 0.3 is 0 Å². The third kappa shape index (κ3) is 6.78. The number of carbonyl (C=O) groups is 2. The topological polar surface area (TPSA) is 61.9 Å². The number of fused-ring (bicyclic) bond motifs is 1. The first-order valence-corrected chi connectivity index (χ1v) is 13.5. The van der Waals surface area contributed by atoms with Crippen LogP contribution in [0.3, 0.4) is 0 Å². The number of carbonyl (C=O) groups excluding carboxylic acids is 2. The molecule has 1 aliphatic heterocycles. The number of nitrogens with zero attached hydrogens (tertiary/aromatic N) is 2. The summed E-state index contributed by atoms with van der Waals surface area (Å²) in [4.78, 5) is 30.0. The summed E-state index contributed by atoms with van der Waals surface area (Å²) in [5.74, 6) is 0.442. The van der Waals surface area contributed by atoms with Crippen molar-refractivity contribution in [3.05, 3.63) is 136 Å². The Balaban J connectivity index is 1.23. The first kappa shape index (κ1) is 27.2. The largest absolute Gasteiger partial charge is 0.449 e. The summed E-state index contributed by atoms with van der Waals surface area (Å²) in [5.41, 5.74) is 4.21. The van der Waals surface area contributed by atoms with Gasteiger partial charge in [0.2, 0.25) is 0 Å². The number of anilines is 1. The molecule has 0 bridgehead atoms. The van der Waals surface area contributed by atoms with Crippen molar-refractivity contribution in [2.75, 3.05) is 25.0 Å². The second-order valence-electron chi connectivity index (χ2n) is 9.70. The van der Waals surface area contributed by atoms with Crippen molar-refractivity contribution in [2.24, 2.45) is 0 Å². The van der Waals surface area contributed by atoms with Gasteiger partial charge in [-0.05, 0) is 66.2 Å². The first-order chi connectivity index (χ1) is 19.5. The molecule has 0 fully saturated rings. The molecule has 6 nitrogen and oxygen atoms in total. The van der Waals surface area contributed by atoms with E-state index in [4.69, 9.17) is 16.3 Å². The normalized spacial score (nSPS) is 13.7. The Kier molecular flexibility index (Phi) is 8.59. The Morgan fingerprint density at radius 1 is 0.900 bits per heavy atom. The highest BCUT2D eigenvalue weighted by Gasteiger charge is 2.30. The van der Waals surface area contributed by atoms with Crippen LogP contribution >= 0.6 is 11.6 Å². The first-order valence-electron chi connectivity index (χ1n) is 13.1. The molecule has 0 atom stereocenters. The number of hydrogen-bond donors (Lipinski definition) is 1. The zero-order chi connectivity index (χ0) is 27.9. The maximum Gasteiger partial charge on any atom is 0.294 e. The van der Waals surface area contributed by atoms with Crippen molar-refractivity contribution in [3.63, 3.8) is 0 Å². The molecule has 5 rings (SSSR count). The molecule has 40 heavy (non-hydrogen) atoms. The van der Waals surface area contributed by atoms with Crippen molar-refractivity contribution in [3.8, 4) is 5.75 Å². The van der Waals surface area contributed by atoms with Crippen LogP contribution in [-0.4, -0.2) is 36.9 Å². The number of para-hydroxylation sites is 2. The fourth-order valence-corrected chi connectivity index (χ4v) is 4.64. The Hall–Kier alpha value is -4.39. The third-order valence-electron chi connectivity index (χ3n) is 6.63. The van der Waals surface area contributed by atoms with E-state index in [1.54, 1.807) is 23.1 Å². The average molecular weight is 552 g/mol. The molecule has 0 unspecified atom stereocenters. The zero-order valence-electron chi connectivity index (χ0n) is 22.2. The lowest BCUT2D eigenvalue weighted by Crippen LogP contribution is -2.36. The van der Waals surface area contributed by atoms with E-state index in [9.17, 15) is 9.59 Å². The lowest BCUT2D eigenvalue weighted by atomic mass is 10.1. The van der Waals surface area contributed by atoms with E-state index in [1.807, 2.05) is 85.9 Å². The number of benzene rings is 4. The quantitative estimate of drug-likeness (QED) is 0.253. The zero-order valence-corrected chi connectivity index (χ0v) is 23.0. The summed E-state index contributed by atoms with van der Waals surface area (Å²) in [6, 6.07) is 32.3. The molecule has 0 radical (unpaired) electrons. The van der Waals surface area contributed by atoms with Crippen LogP contribution in [0.1, 0.15) is 27.0 Å². The molecule has 0 spiro atoms. The van der Waals surface area contributed by atoms with Gasteiger partial charge in [-0.1, -0.05) is 78.3 Å². The Labute approximate surface area is 239 Å². The smallest absolute Gasteiger partial charge is 0.294 e. The highest BCUT2D eigenvalue weighted by Crippen LogP contribution is 2.36. The number of ether oxygens (including phenoxy) is 1. The van der Waals surface area contributed by atoms with Crippen molar-refractivity contribution in [1.29, 1.82) is 0 Å². The lowest BCUT2D eigenvalue weighted by Gasteiger charge is -2.30. The summed E-state index contributed by atoms with van der Waals surface area (Å²) in [6.07, 6.45) is 1.70. The van der Waals surface area contributed by atoms with Crippen LogP contribution in [0.15, 0.2) is 109 Å². The maximum absolute atomic E-state index is 13.5. The van der Waals surface area contributed by atoms with E-state index < -0.39 is 0 Å². The molecular weight excluding hydrogens is 522 g/mol. The molecule has 0 saturated carbocycles. The average Bonchev–Trinajstić information content (AvgIpc) is 2.97. The van der Waals surface area contributed by atoms with E-state index in [-0.39, 0.29) is 17.6 Å². The van der Waals surface area contributed by atoms with Gasteiger partial charge in [0.1, 0.15) is 0 Å². The lowest BCUT2D eigenvalue weighted by molar-refractivity contribution is -0.117. The molecule has 1 N–H and O–H groups in total. The predicted molar refractivity (Wildman–Crippen MR) is 159 cm³/mol. The van der Waals surface area contributed by atoms with Crippen LogP contribution in [0.2, 0.25) is 5.02 Å². The summed E-state index contributed by atoms with van der Waals surface area (Å²) in [5, 5.41) is 3.62. The van der Waals surface area contributed by atoms with E-state index in [0.717, 1.165) is 24.2 Å². The van der Waals surface area contributed by atoms with Crippen LogP contribution < -0.4 is 15.0 Å². The monoisotopic (exact) mass is 551 g/mol. The van der Waals surface area contributed by atoms with Crippen molar-refractivity contribution in [1.82, 2.24) is 10.2 Å². The highest BCUT2D eigenvalue weighted by molar-refractivity contribution is 6.30. The van der Waals surface area contributed by atoms with Gasteiger partial charge in [-0.3, -0.25) is 14.5 Å². The van der Waals surface area contributed by atoms with Gasteiger partial charge in [0.05, 0.1) is 12.2 Å². The molecule has 4 aromatic rings. The van der Waals surface area contributed by atoms with Crippen LogP contribution in [0.25, 0.3) is 6.08 Å². The molecule has 1 aliphatic rings. The summed E-state index contributed by atoms with van der Waals surface area (Å²) >= 11 is 6.04. The standard InChI is InChI=1S/C33H30ClN3O3/c1-36(22-25-7-3-2-4-8-25)20-19-35-32(38)27-15-11-24(12-16-27)21-31-33(39)37(23-26-13-17-28(34)18-14-26)29-9-5-6-10-30(29)40-31/h2-18,21H,19-20,22-23H2,1H3,(H,35,38)/b31-21-. The molecule has 7 heteroatoms. The molecule has 202 valence electrons. The van der Waals surface area contributed by atoms with Gasteiger partial charge in [0.15, 0.2) is 11.5 Å². The SMILES string of the molecule is CN(CCNC(=O)c1ccc(/C=C2\Oc3ccccc3N(Cc3ccc(Cl)cc3)C2=O)cc1)Cc1ccccc1. The van der Waals surface area contributed by atoms with Crippen molar-refractivity contribution >= 4 is 35.2 Å². The minimum absolute atomic E-state index is 0.139. The Morgan fingerprint density at radius 3 is 2.35 bits per heavy atom. The Bertz CT molecular complexity index is 1500. The van der Waals surface area contributed by atoms with Gasteiger partial charge < -0.3 is 15.0 Å². The van der Waals surface area contributed by atoms with Gasteiger partial charge in [0.25, 0.3) is 11.8 Å². The molecule has 0 saturated heterocycles. The number of rotatable bonds is 9. The summed E-state index contributed by atoms with van der Waals surface area (Å²) in [7, 11) is 2.03. The summed E-state index contributed by atoms with van der Waals surface area (Å²) in [6.45, 7) is 2.48. The van der Waals surface area contributed by atoms with E-state index in [2.05, 4.69) is 22.3 Å². The van der Waals surface area contributed by atoms with Gasteiger partial charge in [-0.15, -0.1) is 0 Å². The van der Waals surface area contributed by atoms with Gasteiger partial charge in [-0.25, -0.2) is 0 Å². The number of hydrogen-bond acceptors (Lipinski definition) is 4. The maximum atomic E-state index is 13.5. The fourth-order valence-electron chi connectivity index (χ4n) is 4.51. The molecule has 4 aromatic carbocycles. The van der Waals surface area contributed by atoms with Gasteiger partial charge in [-0.2, -0.15) is 0 Å². The van der Waals surface area contributed by atoms with Crippen molar-refractivity contribution in [2.45, 2.75) is 13.1 Å². The predicted octanol–water partition coefficient (Wildman–Crippen LogP) is 6.17. The second-order valence-corrected chi connectivity index (χ2v) is 10.1. The van der Waals surface area contributed by atoms with Crippen LogP contribution in [0.5, 0.6) is 5.75 Å². The third-order valence-corrected chi connectivity index (χ3v) is 6.88. The molecule has 1 heterocycles. The molecule has 2 amide bonds. The fraction of sp³-hybridized carbons (Fsp3) is 0.152. The highest BCUT2D eigenvalue weighted by atomic mass is 35.5. The second kappa shape index (κ2) is 12.6. The van der Waals surface area contributed by atoms with Crippen molar-refractivity contribution < 1.29 is 14.3 Å². The molecule has 0 aromatic heterocycles. The van der Waals surface area contributed by atoms with Crippen LogP contribution in [-0.2, 0) is 17.9 Å². The van der Waals surface area contributed by atoms with E-state index >= 15 is 0 Å². The number of halogens is 1. The number of nitrogens with one attached hydrogen (secondary N) is 1. The van der Waals surface area contributed by atoms with Crippen LogP contribution in [0.4, 0.5) is 5.69 Å². The number of likely N-dealkylation sites (N-methyl/N-ethyl adjacent to an activating group) is 1. The minimum atomic E-state index is -0.241. The van der Waals surface area contributed by atoms with Crippen LogP contribution in [0, 0.1) is 0 Å². The van der Waals surface area contributed by atoms with E-state index in [0.29, 0.717) is 35.1 Å². The molecule has 0 aliphatic carbocycles. The van der Waals surface area contributed by atoms with Gasteiger partial charge in [0, 0.05) is 30.2 Å². The summed E-state index contributed by atoms with van der Waals surface area (Å²) < 4.78 is 6.00. The Morgan fingerprint density at radius 2 is 1.60 bits per heavy atom. The minimum Gasteiger partial charge on any atom is -0.449 e. The van der Waals surface area contributed by atoms with E-state index in [1.165, 1.54) is 5.56 Å². The molecular formula is C33H30ClN3O3. The number of amides is 2.